The molecule has 0 atom stereocenters. The molecule has 0 radical (unpaired) electrons. The van der Waals surface area contributed by atoms with Crippen molar-refractivity contribution in [2.75, 3.05) is 38.0 Å². The molecule has 0 unspecified atom stereocenters. The molecule has 4 heterocycles. The van der Waals surface area contributed by atoms with Gasteiger partial charge in [-0.3, -0.25) is 19.6 Å². The highest BCUT2D eigenvalue weighted by Crippen LogP contribution is 2.16. The highest BCUT2D eigenvalue weighted by Gasteiger charge is 2.20. The highest BCUT2D eigenvalue weighted by atomic mass is 16.2. The summed E-state index contributed by atoms with van der Waals surface area (Å²) in [6.07, 6.45) is 3.65. The lowest BCUT2D eigenvalue weighted by Gasteiger charge is -2.34. The number of hydrogen-bond donors (Lipinski definition) is 1. The molecule has 4 rings (SSSR count). The minimum absolute atomic E-state index is 0.0619. The van der Waals surface area contributed by atoms with E-state index in [1.165, 1.54) is 5.56 Å². The van der Waals surface area contributed by atoms with E-state index in [0.29, 0.717) is 18.3 Å². The zero-order valence-corrected chi connectivity index (χ0v) is 18.2. The number of carbonyl (C=O) groups excluding carboxylic acids is 1. The first-order valence-corrected chi connectivity index (χ1v) is 10.5. The second-order valence-corrected chi connectivity index (χ2v) is 7.99. The number of piperazine rings is 1. The van der Waals surface area contributed by atoms with Gasteiger partial charge in [0.1, 0.15) is 5.82 Å². The Hall–Kier alpha value is -3.17. The van der Waals surface area contributed by atoms with Crippen LogP contribution >= 0.6 is 0 Å². The molecule has 0 aliphatic carbocycles. The average molecular weight is 421 g/mol. The van der Waals surface area contributed by atoms with Crippen molar-refractivity contribution in [1.29, 1.82) is 0 Å². The smallest absolute Gasteiger partial charge is 0.252 e. The maximum Gasteiger partial charge on any atom is 0.252 e. The van der Waals surface area contributed by atoms with E-state index in [9.17, 15) is 4.79 Å². The van der Waals surface area contributed by atoms with Crippen molar-refractivity contribution in [2.24, 2.45) is 0 Å². The van der Waals surface area contributed by atoms with Crippen LogP contribution in [-0.4, -0.2) is 73.2 Å². The summed E-state index contributed by atoms with van der Waals surface area (Å²) in [6.45, 7) is 10.6. The molecular weight excluding hydrogens is 392 g/mol. The Bertz CT molecular complexity index is 1020. The standard InChI is InChI=1S/C22H28N8O/c1-16-12-17(2)25-22(24-16)30-20(13-18(3)27-30)26-21(31)15-29-10-8-28(9-11-29)14-19-4-6-23-7-5-19/h4-7,12-13H,8-11,14-15H2,1-3H3,(H,26,31). The summed E-state index contributed by atoms with van der Waals surface area (Å²) >= 11 is 0. The number of amides is 1. The predicted molar refractivity (Wildman–Crippen MR) is 118 cm³/mol. The van der Waals surface area contributed by atoms with Crippen LogP contribution in [0.1, 0.15) is 22.6 Å². The summed E-state index contributed by atoms with van der Waals surface area (Å²) < 4.78 is 1.60. The lowest BCUT2D eigenvalue weighted by atomic mass is 10.2. The minimum Gasteiger partial charge on any atom is -0.309 e. The lowest BCUT2D eigenvalue weighted by molar-refractivity contribution is -0.117. The molecule has 1 saturated heterocycles. The molecule has 3 aromatic rings. The van der Waals surface area contributed by atoms with Gasteiger partial charge >= 0.3 is 0 Å². The van der Waals surface area contributed by atoms with Gasteiger partial charge in [-0.15, -0.1) is 0 Å². The van der Waals surface area contributed by atoms with Crippen LogP contribution < -0.4 is 5.32 Å². The molecule has 9 heteroatoms. The van der Waals surface area contributed by atoms with Gasteiger partial charge in [-0.1, -0.05) is 0 Å². The van der Waals surface area contributed by atoms with Crippen molar-refractivity contribution < 1.29 is 4.79 Å². The SMILES string of the molecule is Cc1cc(C)nc(-n2nc(C)cc2NC(=O)CN2CCN(Cc3ccncc3)CC2)n1. The number of nitrogens with zero attached hydrogens (tertiary/aromatic N) is 7. The number of hydrogen-bond acceptors (Lipinski definition) is 7. The number of anilines is 1. The van der Waals surface area contributed by atoms with E-state index < -0.39 is 0 Å². The quantitative estimate of drug-likeness (QED) is 0.649. The molecule has 3 aromatic heterocycles. The summed E-state index contributed by atoms with van der Waals surface area (Å²) in [6, 6.07) is 7.84. The average Bonchev–Trinajstić information content (AvgIpc) is 3.09. The fraction of sp³-hybridized carbons (Fsp3) is 0.409. The van der Waals surface area contributed by atoms with Crippen molar-refractivity contribution in [3.05, 3.63) is 59.3 Å². The van der Waals surface area contributed by atoms with Crippen molar-refractivity contribution in [2.45, 2.75) is 27.3 Å². The fourth-order valence-electron chi connectivity index (χ4n) is 3.78. The van der Waals surface area contributed by atoms with Gasteiger partial charge in [0, 0.05) is 62.6 Å². The third kappa shape index (κ3) is 5.50. The van der Waals surface area contributed by atoms with E-state index in [4.69, 9.17) is 0 Å². The Morgan fingerprint density at radius 3 is 2.26 bits per heavy atom. The van der Waals surface area contributed by atoms with Crippen molar-refractivity contribution in [1.82, 2.24) is 34.5 Å². The van der Waals surface area contributed by atoms with Gasteiger partial charge < -0.3 is 5.32 Å². The van der Waals surface area contributed by atoms with Crippen LogP contribution in [-0.2, 0) is 11.3 Å². The predicted octanol–water partition coefficient (Wildman–Crippen LogP) is 1.74. The Labute approximate surface area is 182 Å². The Kier molecular flexibility index (Phi) is 6.34. The molecule has 0 saturated carbocycles. The van der Waals surface area contributed by atoms with Gasteiger partial charge in [0.2, 0.25) is 5.91 Å². The minimum atomic E-state index is -0.0619. The van der Waals surface area contributed by atoms with Crippen LogP contribution in [0.5, 0.6) is 0 Å². The van der Waals surface area contributed by atoms with E-state index in [1.807, 2.05) is 57.4 Å². The molecule has 1 N–H and O–H groups in total. The van der Waals surface area contributed by atoms with Crippen molar-refractivity contribution in [3.8, 4) is 5.95 Å². The molecule has 0 bridgehead atoms. The summed E-state index contributed by atoms with van der Waals surface area (Å²) in [5, 5.41) is 7.45. The number of aryl methyl sites for hydroxylation is 3. The number of rotatable bonds is 6. The van der Waals surface area contributed by atoms with Gasteiger partial charge in [-0.2, -0.15) is 9.78 Å². The molecule has 31 heavy (non-hydrogen) atoms. The van der Waals surface area contributed by atoms with Crippen molar-refractivity contribution >= 4 is 11.7 Å². The Balaban J connectivity index is 1.34. The van der Waals surface area contributed by atoms with Crippen LogP contribution in [0, 0.1) is 20.8 Å². The van der Waals surface area contributed by atoms with Crippen molar-refractivity contribution in [3.63, 3.8) is 0 Å². The molecule has 1 amide bonds. The first kappa shape index (κ1) is 21.1. The van der Waals surface area contributed by atoms with Crippen LogP contribution in [0.15, 0.2) is 36.7 Å². The molecule has 1 aliphatic rings. The molecule has 1 aliphatic heterocycles. The maximum atomic E-state index is 12.7. The summed E-state index contributed by atoms with van der Waals surface area (Å²) in [5.74, 6) is 0.988. The normalized spacial score (nSPS) is 15.2. The van der Waals surface area contributed by atoms with Gasteiger partial charge in [0.25, 0.3) is 5.95 Å². The highest BCUT2D eigenvalue weighted by molar-refractivity contribution is 5.91. The molecule has 0 spiro atoms. The number of pyridine rings is 1. The van der Waals surface area contributed by atoms with E-state index in [1.54, 1.807) is 4.68 Å². The second-order valence-electron chi connectivity index (χ2n) is 7.99. The lowest BCUT2D eigenvalue weighted by Crippen LogP contribution is -2.48. The number of carbonyl (C=O) groups is 1. The van der Waals surface area contributed by atoms with Gasteiger partial charge in [-0.05, 0) is 44.5 Å². The van der Waals surface area contributed by atoms with Crippen LogP contribution in [0.3, 0.4) is 0 Å². The number of nitrogens with one attached hydrogen (secondary N) is 1. The van der Waals surface area contributed by atoms with Gasteiger partial charge in [0.15, 0.2) is 0 Å². The first-order valence-electron chi connectivity index (χ1n) is 10.5. The summed E-state index contributed by atoms with van der Waals surface area (Å²) in [5.41, 5.74) is 3.77. The monoisotopic (exact) mass is 420 g/mol. The van der Waals surface area contributed by atoms with E-state index in [0.717, 1.165) is 49.8 Å². The molecule has 162 valence electrons. The molecule has 9 nitrogen and oxygen atoms in total. The zero-order chi connectivity index (χ0) is 21.8. The summed E-state index contributed by atoms with van der Waals surface area (Å²) in [7, 11) is 0. The molecule has 1 fully saturated rings. The third-order valence-corrected chi connectivity index (χ3v) is 5.25. The zero-order valence-electron chi connectivity index (χ0n) is 18.2. The Morgan fingerprint density at radius 2 is 1.58 bits per heavy atom. The molecule has 0 aromatic carbocycles. The van der Waals surface area contributed by atoms with E-state index in [-0.39, 0.29) is 5.91 Å². The first-order chi connectivity index (χ1) is 15.0. The van der Waals surface area contributed by atoms with E-state index in [2.05, 4.69) is 35.2 Å². The van der Waals surface area contributed by atoms with Gasteiger partial charge in [0.05, 0.1) is 12.2 Å². The third-order valence-electron chi connectivity index (χ3n) is 5.25. The second kappa shape index (κ2) is 9.32. The van der Waals surface area contributed by atoms with Crippen LogP contribution in [0.25, 0.3) is 5.95 Å². The van der Waals surface area contributed by atoms with E-state index >= 15 is 0 Å². The van der Waals surface area contributed by atoms with Crippen LogP contribution in [0.2, 0.25) is 0 Å². The summed E-state index contributed by atoms with van der Waals surface area (Å²) in [4.78, 5) is 30.3. The maximum absolute atomic E-state index is 12.7. The Morgan fingerprint density at radius 1 is 0.935 bits per heavy atom. The molecular formula is C22H28N8O. The number of aromatic nitrogens is 5. The van der Waals surface area contributed by atoms with Crippen LogP contribution in [0.4, 0.5) is 5.82 Å². The fourth-order valence-corrected chi connectivity index (χ4v) is 3.78. The van der Waals surface area contributed by atoms with Gasteiger partial charge in [-0.25, -0.2) is 9.97 Å². The topological polar surface area (TPSA) is 92.1 Å². The largest absolute Gasteiger partial charge is 0.309 e.